The maximum absolute atomic E-state index is 12.3. The fourth-order valence-electron chi connectivity index (χ4n) is 3.69. The highest BCUT2D eigenvalue weighted by atomic mass is 16.3. The Hall–Kier alpha value is -1.14. The lowest BCUT2D eigenvalue weighted by Gasteiger charge is -2.29. The van der Waals surface area contributed by atoms with Crippen LogP contribution < -0.4 is 0 Å². The first kappa shape index (κ1) is 14.8. The first-order chi connectivity index (χ1) is 10.1. The second kappa shape index (κ2) is 5.93. The smallest absolute Gasteiger partial charge is 0.242 e. The van der Waals surface area contributed by atoms with Gasteiger partial charge in [-0.25, -0.2) is 0 Å². The number of rotatable bonds is 4. The van der Waals surface area contributed by atoms with Gasteiger partial charge in [-0.15, -0.1) is 0 Å². The first-order valence-corrected chi connectivity index (χ1v) is 8.06. The summed E-state index contributed by atoms with van der Waals surface area (Å²) >= 11 is 0. The highest BCUT2D eigenvalue weighted by molar-refractivity contribution is 5.86. The molecular formula is C15H25N3O3. The van der Waals surface area contributed by atoms with Gasteiger partial charge in [0.2, 0.25) is 11.8 Å². The summed E-state index contributed by atoms with van der Waals surface area (Å²) < 4.78 is 0. The number of hydrogen-bond donors (Lipinski definition) is 1. The van der Waals surface area contributed by atoms with E-state index in [0.717, 1.165) is 19.5 Å². The van der Waals surface area contributed by atoms with E-state index in [2.05, 4.69) is 4.90 Å². The lowest BCUT2D eigenvalue weighted by Crippen LogP contribution is -2.46. The third-order valence-corrected chi connectivity index (χ3v) is 4.90. The molecule has 6 nitrogen and oxygen atoms in total. The Morgan fingerprint density at radius 2 is 1.90 bits per heavy atom. The predicted molar refractivity (Wildman–Crippen MR) is 77.6 cm³/mol. The van der Waals surface area contributed by atoms with Crippen LogP contribution >= 0.6 is 0 Å². The second-order valence-electron chi connectivity index (χ2n) is 6.69. The fourth-order valence-corrected chi connectivity index (χ4v) is 3.69. The normalized spacial score (nSPS) is 30.6. The van der Waals surface area contributed by atoms with Crippen LogP contribution in [0.3, 0.4) is 0 Å². The lowest BCUT2D eigenvalue weighted by atomic mass is 10.0. The van der Waals surface area contributed by atoms with Crippen molar-refractivity contribution in [2.75, 3.05) is 45.8 Å². The van der Waals surface area contributed by atoms with E-state index in [4.69, 9.17) is 0 Å². The van der Waals surface area contributed by atoms with Gasteiger partial charge < -0.3 is 19.8 Å². The summed E-state index contributed by atoms with van der Waals surface area (Å²) in [6.45, 7) is 4.65. The number of aliphatic hydroxyl groups is 1. The zero-order valence-corrected chi connectivity index (χ0v) is 12.6. The molecule has 0 aromatic carbocycles. The largest absolute Gasteiger partial charge is 0.387 e. The Morgan fingerprint density at radius 1 is 1.14 bits per heavy atom. The van der Waals surface area contributed by atoms with Crippen LogP contribution in [0.5, 0.6) is 0 Å². The number of likely N-dealkylation sites (tertiary alicyclic amines) is 3. The molecule has 0 bridgehead atoms. The Labute approximate surface area is 125 Å². The predicted octanol–water partition coefficient (Wildman–Crippen LogP) is -0.332. The summed E-state index contributed by atoms with van der Waals surface area (Å²) in [6.07, 6.45) is 4.46. The van der Waals surface area contributed by atoms with Crippen LogP contribution in [0.2, 0.25) is 0 Å². The molecule has 0 saturated carbocycles. The molecule has 0 radical (unpaired) electrons. The van der Waals surface area contributed by atoms with Gasteiger partial charge in [-0.3, -0.25) is 9.59 Å². The van der Waals surface area contributed by atoms with Crippen molar-refractivity contribution in [2.45, 2.75) is 37.7 Å². The summed E-state index contributed by atoms with van der Waals surface area (Å²) in [5.41, 5.74) is -0.769. The van der Waals surface area contributed by atoms with E-state index in [1.165, 1.54) is 12.8 Å². The average molecular weight is 295 g/mol. The number of carbonyl (C=O) groups excluding carboxylic acids is 2. The van der Waals surface area contributed by atoms with Gasteiger partial charge in [-0.05, 0) is 38.8 Å². The van der Waals surface area contributed by atoms with Crippen molar-refractivity contribution in [3.63, 3.8) is 0 Å². The van der Waals surface area contributed by atoms with E-state index in [1.54, 1.807) is 9.80 Å². The molecule has 21 heavy (non-hydrogen) atoms. The van der Waals surface area contributed by atoms with Crippen LogP contribution in [0.4, 0.5) is 0 Å². The Bertz CT molecular complexity index is 422. The fraction of sp³-hybridized carbons (Fsp3) is 0.867. The third-order valence-electron chi connectivity index (χ3n) is 4.90. The molecular weight excluding hydrogens is 270 g/mol. The molecule has 0 unspecified atom stereocenters. The maximum atomic E-state index is 12.3. The van der Waals surface area contributed by atoms with Crippen LogP contribution in [0, 0.1) is 0 Å². The second-order valence-corrected chi connectivity index (χ2v) is 6.69. The Morgan fingerprint density at radius 3 is 2.57 bits per heavy atom. The molecule has 0 aromatic heterocycles. The average Bonchev–Trinajstić information content (AvgIpc) is 3.14. The van der Waals surface area contributed by atoms with E-state index >= 15 is 0 Å². The zero-order chi connectivity index (χ0) is 14.9. The van der Waals surface area contributed by atoms with Crippen LogP contribution in [-0.2, 0) is 9.59 Å². The number of hydrogen-bond acceptors (Lipinski definition) is 4. The maximum Gasteiger partial charge on any atom is 0.242 e. The molecule has 1 atom stereocenters. The van der Waals surface area contributed by atoms with Gasteiger partial charge in [0.15, 0.2) is 0 Å². The highest BCUT2D eigenvalue weighted by Crippen LogP contribution is 2.24. The van der Waals surface area contributed by atoms with Crippen molar-refractivity contribution in [3.8, 4) is 0 Å². The van der Waals surface area contributed by atoms with Gasteiger partial charge in [0, 0.05) is 26.1 Å². The first-order valence-electron chi connectivity index (χ1n) is 8.06. The summed E-state index contributed by atoms with van der Waals surface area (Å²) in [6, 6.07) is 0. The molecule has 2 amide bonds. The van der Waals surface area contributed by atoms with Gasteiger partial charge in [-0.2, -0.15) is 0 Å². The van der Waals surface area contributed by atoms with Gasteiger partial charge in [0.05, 0.1) is 18.7 Å². The lowest BCUT2D eigenvalue weighted by molar-refractivity contribution is -0.138. The minimum atomic E-state index is -0.769. The van der Waals surface area contributed by atoms with Gasteiger partial charge in [0.25, 0.3) is 0 Å². The molecule has 3 heterocycles. The summed E-state index contributed by atoms with van der Waals surface area (Å²) in [7, 11) is 0. The highest BCUT2D eigenvalue weighted by Gasteiger charge is 2.40. The van der Waals surface area contributed by atoms with Crippen LogP contribution in [0.15, 0.2) is 0 Å². The SMILES string of the molecule is O=C1CCCN1CC(=O)N1CC[C@@](O)(CN2CCCC2)C1. The molecule has 0 aromatic rings. The van der Waals surface area contributed by atoms with Crippen molar-refractivity contribution >= 4 is 11.8 Å². The van der Waals surface area contributed by atoms with E-state index < -0.39 is 5.60 Å². The van der Waals surface area contributed by atoms with Gasteiger partial charge in [-0.1, -0.05) is 0 Å². The summed E-state index contributed by atoms with van der Waals surface area (Å²) in [5, 5.41) is 10.7. The molecule has 3 rings (SSSR count). The van der Waals surface area contributed by atoms with Crippen LogP contribution in [-0.4, -0.2) is 83.0 Å². The van der Waals surface area contributed by atoms with E-state index in [0.29, 0.717) is 39.0 Å². The molecule has 0 aliphatic carbocycles. The minimum absolute atomic E-state index is 0.0254. The number of carbonyl (C=O) groups is 2. The zero-order valence-electron chi connectivity index (χ0n) is 12.6. The van der Waals surface area contributed by atoms with Crippen molar-refractivity contribution in [1.29, 1.82) is 0 Å². The van der Waals surface area contributed by atoms with Gasteiger partial charge in [0.1, 0.15) is 0 Å². The molecule has 3 aliphatic rings. The quantitative estimate of drug-likeness (QED) is 0.771. The van der Waals surface area contributed by atoms with Crippen molar-refractivity contribution < 1.29 is 14.7 Å². The Kier molecular flexibility index (Phi) is 4.17. The van der Waals surface area contributed by atoms with Crippen molar-refractivity contribution in [3.05, 3.63) is 0 Å². The van der Waals surface area contributed by atoms with Crippen LogP contribution in [0.1, 0.15) is 32.1 Å². The number of β-amino-alcohol motifs (C(OH)–C–C–N with tert-alkyl or cyclic N) is 1. The topological polar surface area (TPSA) is 64.1 Å². The van der Waals surface area contributed by atoms with Crippen molar-refractivity contribution in [1.82, 2.24) is 14.7 Å². The molecule has 1 N–H and O–H groups in total. The monoisotopic (exact) mass is 295 g/mol. The molecule has 3 saturated heterocycles. The number of amides is 2. The minimum Gasteiger partial charge on any atom is -0.387 e. The van der Waals surface area contributed by atoms with E-state index in [1.807, 2.05) is 0 Å². The number of nitrogens with zero attached hydrogens (tertiary/aromatic N) is 3. The van der Waals surface area contributed by atoms with Crippen molar-refractivity contribution in [2.24, 2.45) is 0 Å². The van der Waals surface area contributed by atoms with E-state index in [-0.39, 0.29) is 18.4 Å². The Balaban J connectivity index is 1.50. The van der Waals surface area contributed by atoms with E-state index in [9.17, 15) is 14.7 Å². The third kappa shape index (κ3) is 3.37. The molecule has 3 fully saturated rings. The molecule has 3 aliphatic heterocycles. The molecule has 6 heteroatoms. The molecule has 0 spiro atoms. The summed E-state index contributed by atoms with van der Waals surface area (Å²) in [4.78, 5) is 29.5. The summed E-state index contributed by atoms with van der Waals surface area (Å²) in [5.74, 6) is 0.0532. The van der Waals surface area contributed by atoms with Gasteiger partial charge >= 0.3 is 0 Å². The standard InChI is InChI=1S/C15H25N3O3/c19-13-4-3-8-17(13)10-14(20)18-9-5-15(21,12-18)11-16-6-1-2-7-16/h21H,1-12H2/t15-/m1/s1. The van der Waals surface area contributed by atoms with Crippen LogP contribution in [0.25, 0.3) is 0 Å². The molecule has 118 valence electrons.